The maximum absolute atomic E-state index is 12.0. The van der Waals surface area contributed by atoms with Gasteiger partial charge < -0.3 is 0 Å². The Morgan fingerprint density at radius 3 is 2.61 bits per heavy atom. The summed E-state index contributed by atoms with van der Waals surface area (Å²) >= 11 is 0. The van der Waals surface area contributed by atoms with Crippen molar-refractivity contribution in [2.45, 2.75) is 25.7 Å². The highest BCUT2D eigenvalue weighted by Gasteiger charge is 2.29. The van der Waals surface area contributed by atoms with Crippen molar-refractivity contribution in [2.75, 3.05) is 11.5 Å². The summed E-state index contributed by atoms with van der Waals surface area (Å²) in [6, 6.07) is 7.81. The summed E-state index contributed by atoms with van der Waals surface area (Å²) in [6.07, 6.45) is 8.24. The smallest absolute Gasteiger partial charge is 0.186 e. The fourth-order valence-electron chi connectivity index (χ4n) is 4.55. The van der Waals surface area contributed by atoms with Crippen LogP contribution in [0.3, 0.4) is 0 Å². The van der Waals surface area contributed by atoms with Crippen LogP contribution in [-0.4, -0.2) is 54.7 Å². The molecule has 0 aromatic carbocycles. The molecule has 0 unspecified atom stereocenters. The Hall–Kier alpha value is -3.66. The van der Waals surface area contributed by atoms with Gasteiger partial charge in [0.1, 0.15) is 9.84 Å². The molecule has 5 aromatic rings. The third-order valence-corrected chi connectivity index (χ3v) is 8.04. The van der Waals surface area contributed by atoms with E-state index in [-0.39, 0.29) is 17.4 Å². The van der Waals surface area contributed by atoms with Gasteiger partial charge in [0.2, 0.25) is 0 Å². The molecule has 1 saturated heterocycles. The summed E-state index contributed by atoms with van der Waals surface area (Å²) in [7, 11) is -2.97. The van der Waals surface area contributed by atoms with Crippen molar-refractivity contribution in [2.24, 2.45) is 0 Å². The maximum atomic E-state index is 12.0. The molecular weight excluding hydrogens is 438 g/mol. The summed E-state index contributed by atoms with van der Waals surface area (Å²) < 4.78 is 25.7. The zero-order chi connectivity index (χ0) is 22.6. The molecule has 0 aliphatic carbocycles. The lowest BCUT2D eigenvalue weighted by Crippen LogP contribution is -2.23. The molecule has 33 heavy (non-hydrogen) atoms. The van der Waals surface area contributed by atoms with Crippen LogP contribution in [0.1, 0.15) is 30.1 Å². The third kappa shape index (κ3) is 3.37. The average molecular weight is 460 g/mol. The number of nitrogens with one attached hydrogen (secondary N) is 1. The number of H-pyrrole nitrogens is 1. The molecule has 10 heteroatoms. The van der Waals surface area contributed by atoms with E-state index in [2.05, 4.69) is 25.3 Å². The Morgan fingerprint density at radius 2 is 1.88 bits per heavy atom. The van der Waals surface area contributed by atoms with Crippen molar-refractivity contribution in [3.05, 3.63) is 60.4 Å². The van der Waals surface area contributed by atoms with Crippen molar-refractivity contribution in [3.63, 3.8) is 0 Å². The van der Waals surface area contributed by atoms with Gasteiger partial charge in [0.25, 0.3) is 0 Å². The third-order valence-electron chi connectivity index (χ3n) is 6.33. The van der Waals surface area contributed by atoms with Gasteiger partial charge in [-0.1, -0.05) is 6.07 Å². The van der Waals surface area contributed by atoms with Gasteiger partial charge in [0.05, 0.1) is 34.5 Å². The Bertz CT molecular complexity index is 1580. The number of sulfone groups is 1. The van der Waals surface area contributed by atoms with E-state index in [1.165, 1.54) is 0 Å². The molecule has 5 aromatic heterocycles. The van der Waals surface area contributed by atoms with Crippen LogP contribution in [0.2, 0.25) is 0 Å². The van der Waals surface area contributed by atoms with Gasteiger partial charge in [0.15, 0.2) is 11.3 Å². The standard InChI is InChI=1S/C23H21N7O2S/c1-14-20-21(15-6-9-33(31,32)10-7-15)27-22-18(13-26-30(22)23(20)29-28-14)16-4-5-19(25-12-16)17-3-2-8-24-11-17/h2-5,8,11-13,15H,6-7,9-10H2,1H3,(H,28,29). The zero-order valence-corrected chi connectivity index (χ0v) is 18.7. The molecule has 166 valence electrons. The van der Waals surface area contributed by atoms with Crippen molar-refractivity contribution >= 4 is 26.5 Å². The average Bonchev–Trinajstić information content (AvgIpc) is 3.43. The summed E-state index contributed by atoms with van der Waals surface area (Å²) in [5.41, 5.74) is 6.72. The number of hydrogen-bond donors (Lipinski definition) is 1. The molecule has 1 aliphatic rings. The van der Waals surface area contributed by atoms with Crippen LogP contribution in [0.4, 0.5) is 0 Å². The van der Waals surface area contributed by atoms with E-state index in [0.717, 1.165) is 39.2 Å². The first-order chi connectivity index (χ1) is 16.0. The minimum atomic E-state index is -2.97. The van der Waals surface area contributed by atoms with Crippen LogP contribution in [0, 0.1) is 6.92 Å². The summed E-state index contributed by atoms with van der Waals surface area (Å²) in [4.78, 5) is 13.8. The molecular formula is C23H21N7O2S. The molecule has 0 bridgehead atoms. The number of fused-ring (bicyclic) bond motifs is 3. The fourth-order valence-corrected chi connectivity index (χ4v) is 6.04. The summed E-state index contributed by atoms with van der Waals surface area (Å²) in [5, 5.41) is 13.0. The number of aromatic nitrogens is 7. The van der Waals surface area contributed by atoms with Gasteiger partial charge in [-0.05, 0) is 38.0 Å². The second-order valence-electron chi connectivity index (χ2n) is 8.44. The molecule has 6 heterocycles. The lowest BCUT2D eigenvalue weighted by Gasteiger charge is -2.22. The second kappa shape index (κ2) is 7.45. The molecule has 1 fully saturated rings. The Kier molecular flexibility index (Phi) is 4.51. The first kappa shape index (κ1) is 20.0. The minimum Gasteiger partial charge on any atom is -0.280 e. The van der Waals surface area contributed by atoms with Gasteiger partial charge in [-0.15, -0.1) is 0 Å². The van der Waals surface area contributed by atoms with Crippen molar-refractivity contribution in [3.8, 4) is 22.4 Å². The minimum absolute atomic E-state index is 0.0613. The predicted molar refractivity (Wildman–Crippen MR) is 124 cm³/mol. The number of aromatic amines is 1. The van der Waals surface area contributed by atoms with E-state index in [9.17, 15) is 8.42 Å². The van der Waals surface area contributed by atoms with Crippen LogP contribution in [0.25, 0.3) is 39.1 Å². The number of rotatable bonds is 3. The van der Waals surface area contributed by atoms with E-state index in [1.807, 2.05) is 37.4 Å². The van der Waals surface area contributed by atoms with Gasteiger partial charge >= 0.3 is 0 Å². The van der Waals surface area contributed by atoms with Crippen LogP contribution in [0.5, 0.6) is 0 Å². The van der Waals surface area contributed by atoms with Crippen molar-refractivity contribution < 1.29 is 8.42 Å². The summed E-state index contributed by atoms with van der Waals surface area (Å²) in [5.74, 6) is 0.440. The van der Waals surface area contributed by atoms with Gasteiger partial charge in [-0.2, -0.15) is 14.7 Å². The van der Waals surface area contributed by atoms with Crippen LogP contribution >= 0.6 is 0 Å². The van der Waals surface area contributed by atoms with Gasteiger partial charge in [-0.25, -0.2) is 13.4 Å². The van der Waals surface area contributed by atoms with Crippen molar-refractivity contribution in [1.29, 1.82) is 0 Å². The predicted octanol–water partition coefficient (Wildman–Crippen LogP) is 3.33. The van der Waals surface area contributed by atoms with E-state index < -0.39 is 9.84 Å². The number of nitrogens with zero attached hydrogens (tertiary/aromatic N) is 6. The number of pyridine rings is 2. The number of aryl methyl sites for hydroxylation is 1. The molecule has 0 saturated carbocycles. The molecule has 0 atom stereocenters. The van der Waals surface area contributed by atoms with Crippen LogP contribution in [0.15, 0.2) is 49.1 Å². The molecule has 0 spiro atoms. The maximum Gasteiger partial charge on any atom is 0.186 e. The van der Waals surface area contributed by atoms with E-state index in [0.29, 0.717) is 24.1 Å². The fraction of sp³-hybridized carbons (Fsp3) is 0.261. The SMILES string of the molecule is Cc1[nH]nc2c1c(C1CCS(=O)(=O)CC1)nc1c(-c3ccc(-c4cccnc4)nc3)cnn12. The highest BCUT2D eigenvalue weighted by Crippen LogP contribution is 2.35. The van der Waals surface area contributed by atoms with E-state index in [4.69, 9.17) is 4.98 Å². The lowest BCUT2D eigenvalue weighted by atomic mass is 9.95. The second-order valence-corrected chi connectivity index (χ2v) is 10.7. The lowest BCUT2D eigenvalue weighted by molar-refractivity contribution is 0.546. The molecule has 1 N–H and O–H groups in total. The van der Waals surface area contributed by atoms with Crippen LogP contribution < -0.4 is 0 Å². The Balaban J connectivity index is 1.47. The largest absolute Gasteiger partial charge is 0.280 e. The molecule has 0 amide bonds. The molecule has 6 rings (SSSR count). The monoisotopic (exact) mass is 459 g/mol. The Labute approximate surface area is 189 Å². The number of hydrogen-bond acceptors (Lipinski definition) is 7. The van der Waals surface area contributed by atoms with Gasteiger partial charge in [0, 0.05) is 46.9 Å². The highest BCUT2D eigenvalue weighted by molar-refractivity contribution is 7.91. The molecule has 0 radical (unpaired) electrons. The zero-order valence-electron chi connectivity index (χ0n) is 17.9. The van der Waals surface area contributed by atoms with Crippen LogP contribution in [-0.2, 0) is 9.84 Å². The highest BCUT2D eigenvalue weighted by atomic mass is 32.2. The Morgan fingerprint density at radius 1 is 1.03 bits per heavy atom. The molecule has 9 nitrogen and oxygen atoms in total. The molecule has 1 aliphatic heterocycles. The normalized spacial score (nSPS) is 16.5. The first-order valence-corrected chi connectivity index (χ1v) is 12.6. The van der Waals surface area contributed by atoms with E-state index in [1.54, 1.807) is 23.1 Å². The summed E-state index contributed by atoms with van der Waals surface area (Å²) in [6.45, 7) is 1.96. The van der Waals surface area contributed by atoms with Gasteiger partial charge in [-0.3, -0.25) is 15.1 Å². The van der Waals surface area contributed by atoms with E-state index >= 15 is 0 Å². The van der Waals surface area contributed by atoms with Crippen molar-refractivity contribution in [1.82, 2.24) is 34.8 Å². The quantitative estimate of drug-likeness (QED) is 0.439. The first-order valence-electron chi connectivity index (χ1n) is 10.8. The topological polar surface area (TPSA) is 119 Å².